The smallest absolute Gasteiger partial charge is 0.222 e. The standard InChI is InChI=1S/C17H25N5O/c1-13-15(11-19-21(13)2)5-6-17(23)22-9-3-4-14(12-22)10-16-7-8-18-20-16/h7-8,11,14H,3-6,9-10,12H2,1-2H3,(H,18,20). The second-order valence-electron chi connectivity index (χ2n) is 6.51. The molecule has 23 heavy (non-hydrogen) atoms. The molecule has 1 N–H and O–H groups in total. The first-order chi connectivity index (χ1) is 11.1. The molecule has 1 aliphatic rings. The van der Waals surface area contributed by atoms with E-state index in [9.17, 15) is 4.79 Å². The van der Waals surface area contributed by atoms with Crippen LogP contribution in [0, 0.1) is 12.8 Å². The van der Waals surface area contributed by atoms with Gasteiger partial charge in [0.15, 0.2) is 0 Å². The number of aryl methyl sites for hydroxylation is 2. The second kappa shape index (κ2) is 6.98. The lowest BCUT2D eigenvalue weighted by atomic mass is 9.93. The number of aromatic amines is 1. The Morgan fingerprint density at radius 2 is 2.35 bits per heavy atom. The molecule has 0 bridgehead atoms. The first-order valence-electron chi connectivity index (χ1n) is 8.37. The van der Waals surface area contributed by atoms with Crippen molar-refractivity contribution >= 4 is 5.91 Å². The van der Waals surface area contributed by atoms with E-state index in [1.54, 1.807) is 6.20 Å². The number of hydrogen-bond acceptors (Lipinski definition) is 3. The van der Waals surface area contributed by atoms with Gasteiger partial charge in [0.25, 0.3) is 0 Å². The normalized spacial score (nSPS) is 18.3. The third-order valence-corrected chi connectivity index (χ3v) is 4.88. The highest BCUT2D eigenvalue weighted by Crippen LogP contribution is 2.21. The number of amides is 1. The Morgan fingerprint density at radius 3 is 3.04 bits per heavy atom. The van der Waals surface area contributed by atoms with E-state index < -0.39 is 0 Å². The molecule has 0 spiro atoms. The van der Waals surface area contributed by atoms with Gasteiger partial charge in [0, 0.05) is 44.1 Å². The predicted molar refractivity (Wildman–Crippen MR) is 87.9 cm³/mol. The lowest BCUT2D eigenvalue weighted by Gasteiger charge is -2.32. The molecule has 3 heterocycles. The van der Waals surface area contributed by atoms with Crippen LogP contribution in [-0.4, -0.2) is 43.9 Å². The molecule has 2 aromatic rings. The molecule has 1 atom stereocenters. The Kier molecular flexibility index (Phi) is 4.79. The number of hydrogen-bond donors (Lipinski definition) is 1. The van der Waals surface area contributed by atoms with E-state index in [4.69, 9.17) is 0 Å². The van der Waals surface area contributed by atoms with Gasteiger partial charge in [-0.1, -0.05) is 0 Å². The number of nitrogens with zero attached hydrogens (tertiary/aromatic N) is 4. The highest BCUT2D eigenvalue weighted by molar-refractivity contribution is 5.76. The fourth-order valence-electron chi connectivity index (χ4n) is 3.36. The van der Waals surface area contributed by atoms with Gasteiger partial charge in [0.1, 0.15) is 0 Å². The Morgan fingerprint density at radius 1 is 1.48 bits per heavy atom. The molecular weight excluding hydrogens is 290 g/mol. The van der Waals surface area contributed by atoms with E-state index in [1.807, 2.05) is 35.8 Å². The summed E-state index contributed by atoms with van der Waals surface area (Å²) in [4.78, 5) is 14.6. The van der Waals surface area contributed by atoms with Crippen molar-refractivity contribution in [2.24, 2.45) is 13.0 Å². The zero-order valence-corrected chi connectivity index (χ0v) is 14.0. The van der Waals surface area contributed by atoms with Crippen molar-refractivity contribution in [1.29, 1.82) is 0 Å². The molecule has 0 aromatic carbocycles. The molecule has 1 saturated heterocycles. The Labute approximate surface area is 136 Å². The van der Waals surface area contributed by atoms with Crippen molar-refractivity contribution in [2.75, 3.05) is 13.1 Å². The van der Waals surface area contributed by atoms with E-state index in [-0.39, 0.29) is 5.91 Å². The maximum absolute atomic E-state index is 12.5. The van der Waals surface area contributed by atoms with Crippen LogP contribution < -0.4 is 0 Å². The fourth-order valence-corrected chi connectivity index (χ4v) is 3.36. The Bertz CT molecular complexity index is 646. The fraction of sp³-hybridized carbons (Fsp3) is 0.588. The van der Waals surface area contributed by atoms with Crippen LogP contribution in [0.4, 0.5) is 0 Å². The first kappa shape index (κ1) is 15.8. The molecule has 1 aliphatic heterocycles. The number of aromatic nitrogens is 4. The zero-order valence-electron chi connectivity index (χ0n) is 14.0. The summed E-state index contributed by atoms with van der Waals surface area (Å²) in [6, 6.07) is 2.02. The molecule has 6 heteroatoms. The lowest BCUT2D eigenvalue weighted by molar-refractivity contribution is -0.133. The number of likely N-dealkylation sites (tertiary alicyclic amines) is 1. The molecule has 2 aromatic heterocycles. The lowest BCUT2D eigenvalue weighted by Crippen LogP contribution is -2.40. The highest BCUT2D eigenvalue weighted by Gasteiger charge is 2.24. The first-order valence-corrected chi connectivity index (χ1v) is 8.37. The number of carbonyl (C=O) groups is 1. The van der Waals surface area contributed by atoms with Crippen molar-refractivity contribution < 1.29 is 4.79 Å². The third kappa shape index (κ3) is 3.81. The quantitative estimate of drug-likeness (QED) is 0.916. The van der Waals surface area contributed by atoms with Crippen molar-refractivity contribution in [2.45, 2.75) is 39.0 Å². The summed E-state index contributed by atoms with van der Waals surface area (Å²) in [6.07, 6.45) is 8.27. The maximum Gasteiger partial charge on any atom is 0.222 e. The number of piperidine rings is 1. The van der Waals surface area contributed by atoms with Gasteiger partial charge in [-0.25, -0.2) is 0 Å². The van der Waals surface area contributed by atoms with Crippen molar-refractivity contribution in [3.63, 3.8) is 0 Å². The average Bonchev–Trinajstić information content (AvgIpc) is 3.17. The molecule has 6 nitrogen and oxygen atoms in total. The van der Waals surface area contributed by atoms with Crippen molar-refractivity contribution in [1.82, 2.24) is 24.9 Å². The SMILES string of the molecule is Cc1c(CCC(=O)N2CCCC(Cc3ccn[nH]3)C2)cnn1C. The summed E-state index contributed by atoms with van der Waals surface area (Å²) in [5.74, 6) is 0.802. The van der Waals surface area contributed by atoms with Gasteiger partial charge in [0.2, 0.25) is 5.91 Å². The summed E-state index contributed by atoms with van der Waals surface area (Å²) in [7, 11) is 1.94. The second-order valence-corrected chi connectivity index (χ2v) is 6.51. The molecule has 3 rings (SSSR count). The minimum Gasteiger partial charge on any atom is -0.342 e. The molecule has 1 unspecified atom stereocenters. The predicted octanol–water partition coefficient (Wildman–Crippen LogP) is 1.87. The topological polar surface area (TPSA) is 66.8 Å². The molecule has 0 radical (unpaired) electrons. The Balaban J connectivity index is 1.51. The van der Waals surface area contributed by atoms with Crippen LogP contribution in [0.1, 0.15) is 36.2 Å². The number of H-pyrrole nitrogens is 1. The van der Waals surface area contributed by atoms with E-state index in [2.05, 4.69) is 15.3 Å². The molecule has 1 fully saturated rings. The summed E-state index contributed by atoms with van der Waals surface area (Å²) >= 11 is 0. The summed E-state index contributed by atoms with van der Waals surface area (Å²) < 4.78 is 1.86. The molecule has 124 valence electrons. The van der Waals surface area contributed by atoms with Crippen LogP contribution in [0.2, 0.25) is 0 Å². The van der Waals surface area contributed by atoms with Gasteiger partial charge in [-0.2, -0.15) is 10.2 Å². The monoisotopic (exact) mass is 315 g/mol. The number of carbonyl (C=O) groups excluding carboxylic acids is 1. The average molecular weight is 315 g/mol. The largest absolute Gasteiger partial charge is 0.342 e. The van der Waals surface area contributed by atoms with Gasteiger partial charge in [-0.05, 0) is 50.2 Å². The van der Waals surface area contributed by atoms with Crippen molar-refractivity contribution in [3.8, 4) is 0 Å². The molecule has 0 aliphatic carbocycles. The zero-order chi connectivity index (χ0) is 16.2. The molecular formula is C17H25N5O. The molecule has 1 amide bonds. The molecule has 0 saturated carbocycles. The van der Waals surface area contributed by atoms with Crippen LogP contribution in [0.15, 0.2) is 18.5 Å². The summed E-state index contributed by atoms with van der Waals surface area (Å²) in [5, 5.41) is 11.3. The summed E-state index contributed by atoms with van der Waals surface area (Å²) in [6.45, 7) is 3.81. The van der Waals surface area contributed by atoms with Gasteiger partial charge < -0.3 is 4.90 Å². The highest BCUT2D eigenvalue weighted by atomic mass is 16.2. The number of rotatable bonds is 5. The maximum atomic E-state index is 12.5. The Hall–Kier alpha value is -2.11. The number of nitrogens with one attached hydrogen (secondary N) is 1. The minimum absolute atomic E-state index is 0.266. The summed E-state index contributed by atoms with van der Waals surface area (Å²) in [5.41, 5.74) is 3.48. The minimum atomic E-state index is 0.266. The van der Waals surface area contributed by atoms with Crippen LogP contribution in [0.5, 0.6) is 0 Å². The third-order valence-electron chi connectivity index (χ3n) is 4.88. The van der Waals surface area contributed by atoms with Gasteiger partial charge >= 0.3 is 0 Å². The van der Waals surface area contributed by atoms with Gasteiger partial charge in [-0.3, -0.25) is 14.6 Å². The van der Waals surface area contributed by atoms with Gasteiger partial charge in [0.05, 0.1) is 6.20 Å². The van der Waals surface area contributed by atoms with Crippen LogP contribution in [0.3, 0.4) is 0 Å². The van der Waals surface area contributed by atoms with E-state index in [0.717, 1.165) is 43.7 Å². The van der Waals surface area contributed by atoms with E-state index >= 15 is 0 Å². The van der Waals surface area contributed by atoms with Crippen LogP contribution in [0.25, 0.3) is 0 Å². The van der Waals surface area contributed by atoms with Crippen LogP contribution in [-0.2, 0) is 24.7 Å². The van der Waals surface area contributed by atoms with E-state index in [1.165, 1.54) is 12.0 Å². The van der Waals surface area contributed by atoms with Gasteiger partial charge in [-0.15, -0.1) is 0 Å². The van der Waals surface area contributed by atoms with Crippen LogP contribution >= 0.6 is 0 Å². The van der Waals surface area contributed by atoms with Crippen molar-refractivity contribution in [3.05, 3.63) is 35.4 Å². The van der Waals surface area contributed by atoms with E-state index in [0.29, 0.717) is 12.3 Å².